The second-order valence-electron chi connectivity index (χ2n) is 11.1. The Morgan fingerprint density at radius 3 is 2.51 bits per heavy atom. The molecule has 12 heteroatoms. The smallest absolute Gasteiger partial charge is 0.273 e. The van der Waals surface area contributed by atoms with Crippen LogP contribution in [0.1, 0.15) is 83.1 Å². The monoisotopic (exact) mass is 598 g/mol. The number of aromatic nitrogens is 3. The Labute approximate surface area is 248 Å². The Morgan fingerprint density at radius 1 is 1.17 bits per heavy atom. The first-order valence-electron chi connectivity index (χ1n) is 13.4. The van der Waals surface area contributed by atoms with Gasteiger partial charge in [0, 0.05) is 36.8 Å². The van der Waals surface area contributed by atoms with Gasteiger partial charge in [0.1, 0.15) is 17.3 Å². The number of amides is 3. The molecule has 0 radical (unpaired) electrons. The molecule has 2 aromatic heterocycles. The predicted molar refractivity (Wildman–Crippen MR) is 154 cm³/mol. The number of hydrogen-bond acceptors (Lipinski definition) is 6. The molecular weight excluding hydrogens is 567 g/mol. The van der Waals surface area contributed by atoms with Gasteiger partial charge in [-0.05, 0) is 57.5 Å². The van der Waals surface area contributed by atoms with Crippen LogP contribution in [0.2, 0.25) is 10.0 Å². The van der Waals surface area contributed by atoms with Crippen molar-refractivity contribution in [3.8, 4) is 0 Å². The molecule has 2 aliphatic rings. The normalized spacial score (nSPS) is 19.5. The lowest BCUT2D eigenvalue weighted by molar-refractivity contribution is -0.125. The number of carbonyl (C=O) groups is 3. The molecule has 0 saturated heterocycles. The molecule has 2 aliphatic heterocycles. The van der Waals surface area contributed by atoms with Gasteiger partial charge < -0.3 is 20.2 Å². The topological polar surface area (TPSA) is 121 Å². The van der Waals surface area contributed by atoms with Gasteiger partial charge >= 0.3 is 0 Å². The summed E-state index contributed by atoms with van der Waals surface area (Å²) in [5, 5.41) is 18.3. The van der Waals surface area contributed by atoms with E-state index in [2.05, 4.69) is 10.3 Å². The van der Waals surface area contributed by atoms with Crippen LogP contribution in [-0.2, 0) is 23.4 Å². The third-order valence-electron chi connectivity index (χ3n) is 7.91. The Morgan fingerprint density at radius 2 is 1.90 bits per heavy atom. The maximum atomic E-state index is 14.1. The van der Waals surface area contributed by atoms with Crippen molar-refractivity contribution in [2.45, 2.75) is 64.4 Å². The highest BCUT2D eigenvalue weighted by atomic mass is 35.5. The van der Waals surface area contributed by atoms with Crippen molar-refractivity contribution in [1.29, 1.82) is 0 Å². The lowest BCUT2D eigenvalue weighted by atomic mass is 9.96. The van der Waals surface area contributed by atoms with E-state index in [1.807, 2.05) is 19.9 Å². The number of pyridine rings is 1. The van der Waals surface area contributed by atoms with Gasteiger partial charge in [0.2, 0.25) is 5.91 Å². The summed E-state index contributed by atoms with van der Waals surface area (Å²) < 4.78 is 1.52. The van der Waals surface area contributed by atoms with Crippen LogP contribution in [0.3, 0.4) is 0 Å². The summed E-state index contributed by atoms with van der Waals surface area (Å²) in [7, 11) is 1.55. The van der Waals surface area contributed by atoms with Gasteiger partial charge in [-0.3, -0.25) is 19.4 Å². The lowest BCUT2D eigenvalue weighted by Gasteiger charge is -2.38. The first-order chi connectivity index (χ1) is 19.3. The van der Waals surface area contributed by atoms with Crippen LogP contribution in [0.15, 0.2) is 36.5 Å². The van der Waals surface area contributed by atoms with E-state index in [0.29, 0.717) is 39.7 Å². The van der Waals surface area contributed by atoms with Gasteiger partial charge in [0.15, 0.2) is 0 Å². The molecule has 4 heterocycles. The predicted octanol–water partition coefficient (Wildman–Crippen LogP) is 3.90. The first-order valence-corrected chi connectivity index (χ1v) is 14.1. The SMILES string of the molecule is CNC(=O)[C@@H]1CN(C(C)c2ccc(C(C)(C)O)nc2)C(=O)c2c3c(nn21)C[C@@H](C)N(C(=O)c1ccc(Cl)c(Cl)c1)C3. The number of aliphatic hydroxyl groups is 1. The average molecular weight is 600 g/mol. The second-order valence-corrected chi connectivity index (χ2v) is 11.9. The van der Waals surface area contributed by atoms with Crippen LogP contribution in [0, 0.1) is 0 Å². The van der Waals surface area contributed by atoms with E-state index in [9.17, 15) is 19.5 Å². The fraction of sp³-hybridized carbons (Fsp3) is 0.414. The number of rotatable bonds is 5. The minimum absolute atomic E-state index is 0.113. The van der Waals surface area contributed by atoms with Gasteiger partial charge in [0.05, 0.1) is 40.6 Å². The van der Waals surface area contributed by atoms with Crippen LogP contribution in [0.5, 0.6) is 0 Å². The Hall–Kier alpha value is -3.47. The number of benzene rings is 1. The van der Waals surface area contributed by atoms with Gasteiger partial charge in [0.25, 0.3) is 11.8 Å². The zero-order valence-corrected chi connectivity index (χ0v) is 25.0. The molecule has 3 atom stereocenters. The van der Waals surface area contributed by atoms with E-state index in [-0.39, 0.29) is 41.9 Å². The molecular formula is C29H32Cl2N6O4. The number of halogens is 2. The van der Waals surface area contributed by atoms with Crippen LogP contribution in [0.25, 0.3) is 0 Å². The first kappa shape index (κ1) is 29.0. The standard InChI is InChI=1S/C29H32Cl2N6O4/c1-15-10-22-19(13-35(15)27(39)17-6-8-20(30)21(31)11-17)25-28(40)36(14-23(26(38)32-5)37(25)34-22)16(2)18-7-9-24(33-12-18)29(3,4)41/h6-9,11-12,15-16,23,41H,10,13-14H2,1-5H3,(H,32,38)/t15-,16?,23+/m1/s1. The largest absolute Gasteiger partial charge is 0.384 e. The highest BCUT2D eigenvalue weighted by molar-refractivity contribution is 6.42. The van der Waals surface area contributed by atoms with Crippen LogP contribution >= 0.6 is 23.2 Å². The number of nitrogens with zero attached hydrogens (tertiary/aromatic N) is 5. The van der Waals surface area contributed by atoms with Gasteiger partial charge in [-0.15, -0.1) is 0 Å². The van der Waals surface area contributed by atoms with E-state index in [1.54, 1.807) is 55.1 Å². The van der Waals surface area contributed by atoms with E-state index in [0.717, 1.165) is 5.56 Å². The summed E-state index contributed by atoms with van der Waals surface area (Å²) in [5.74, 6) is -0.798. The molecule has 216 valence electrons. The molecule has 10 nitrogen and oxygen atoms in total. The van der Waals surface area contributed by atoms with E-state index in [1.165, 1.54) is 10.7 Å². The molecule has 0 saturated carbocycles. The summed E-state index contributed by atoms with van der Waals surface area (Å²) in [4.78, 5) is 48.4. The molecule has 1 unspecified atom stereocenters. The number of nitrogens with one attached hydrogen (secondary N) is 1. The molecule has 0 aliphatic carbocycles. The van der Waals surface area contributed by atoms with Crippen molar-refractivity contribution < 1.29 is 19.5 Å². The van der Waals surface area contributed by atoms with Gasteiger partial charge in [-0.25, -0.2) is 4.68 Å². The lowest BCUT2D eigenvalue weighted by Crippen LogP contribution is -2.49. The number of hydrogen-bond donors (Lipinski definition) is 2. The summed E-state index contributed by atoms with van der Waals surface area (Å²) in [6.07, 6.45) is 2.06. The average Bonchev–Trinajstić information content (AvgIpc) is 3.31. The Kier molecular flexibility index (Phi) is 7.61. The second kappa shape index (κ2) is 10.7. The van der Waals surface area contributed by atoms with E-state index in [4.69, 9.17) is 28.3 Å². The molecule has 3 aromatic rings. The van der Waals surface area contributed by atoms with Crippen molar-refractivity contribution in [2.75, 3.05) is 13.6 Å². The molecule has 41 heavy (non-hydrogen) atoms. The summed E-state index contributed by atoms with van der Waals surface area (Å²) in [6, 6.07) is 6.93. The third-order valence-corrected chi connectivity index (χ3v) is 8.65. The Balaban J connectivity index is 1.52. The van der Waals surface area contributed by atoms with Crippen LogP contribution in [0.4, 0.5) is 0 Å². The minimum atomic E-state index is -1.10. The molecule has 1 aromatic carbocycles. The van der Waals surface area contributed by atoms with Crippen molar-refractivity contribution in [2.24, 2.45) is 0 Å². The van der Waals surface area contributed by atoms with E-state index >= 15 is 0 Å². The maximum Gasteiger partial charge on any atom is 0.273 e. The zero-order chi connectivity index (χ0) is 29.8. The molecule has 3 amide bonds. The highest BCUT2D eigenvalue weighted by Gasteiger charge is 2.43. The minimum Gasteiger partial charge on any atom is -0.384 e. The fourth-order valence-corrected chi connectivity index (χ4v) is 5.75. The maximum absolute atomic E-state index is 14.1. The highest BCUT2D eigenvalue weighted by Crippen LogP contribution is 2.36. The zero-order valence-electron chi connectivity index (χ0n) is 23.5. The van der Waals surface area contributed by atoms with Crippen LogP contribution in [-0.4, -0.2) is 67.0 Å². The summed E-state index contributed by atoms with van der Waals surface area (Å²) >= 11 is 12.2. The molecule has 0 fully saturated rings. The molecule has 2 N–H and O–H groups in total. The molecule has 0 bridgehead atoms. The summed E-state index contributed by atoms with van der Waals surface area (Å²) in [5.41, 5.74) is 2.18. The molecule has 5 rings (SSSR count). The van der Waals surface area contributed by atoms with Crippen molar-refractivity contribution in [3.05, 3.63) is 80.3 Å². The number of likely N-dealkylation sites (N-methyl/N-ethyl adjacent to an activating group) is 1. The molecule has 0 spiro atoms. The fourth-order valence-electron chi connectivity index (χ4n) is 5.45. The van der Waals surface area contributed by atoms with Gasteiger partial charge in [-0.1, -0.05) is 29.3 Å². The van der Waals surface area contributed by atoms with E-state index < -0.39 is 17.7 Å². The third kappa shape index (κ3) is 5.20. The van der Waals surface area contributed by atoms with Crippen molar-refractivity contribution in [1.82, 2.24) is 29.9 Å². The number of carbonyl (C=O) groups excluding carboxylic acids is 3. The van der Waals surface area contributed by atoms with Crippen molar-refractivity contribution in [3.63, 3.8) is 0 Å². The Bertz CT molecular complexity index is 1530. The summed E-state index contributed by atoms with van der Waals surface area (Å²) in [6.45, 7) is 7.37. The number of fused-ring (bicyclic) bond motifs is 3. The van der Waals surface area contributed by atoms with Crippen molar-refractivity contribution >= 4 is 40.9 Å². The quantitative estimate of drug-likeness (QED) is 0.459. The van der Waals surface area contributed by atoms with Crippen LogP contribution < -0.4 is 5.32 Å². The van der Waals surface area contributed by atoms with Gasteiger partial charge in [-0.2, -0.15) is 5.10 Å².